The van der Waals surface area contributed by atoms with E-state index in [0.717, 1.165) is 0 Å². The number of carboxylic acids is 1. The molecule has 1 unspecified atom stereocenters. The monoisotopic (exact) mass is 183 g/mol. The van der Waals surface area contributed by atoms with Gasteiger partial charge < -0.3 is 9.63 Å². The number of hydrogen-bond donors (Lipinski definition) is 2. The molecule has 1 aliphatic carbocycles. The second-order valence-electron chi connectivity index (χ2n) is 3.31. The van der Waals surface area contributed by atoms with E-state index in [1.165, 1.54) is 0 Å². The van der Waals surface area contributed by atoms with Crippen molar-refractivity contribution in [2.45, 2.75) is 19.3 Å². The standard InChI is InChI=1S/C8H9NO4/c10-7(11)3-4-1-5-6(2-4)13-9-8(5)12/h4H,1-3H2,(H,9,12)(H,10,11). The molecular formula is C8H9NO4. The topological polar surface area (TPSA) is 83.3 Å². The molecule has 0 fully saturated rings. The molecule has 0 aliphatic heterocycles. The van der Waals surface area contributed by atoms with Gasteiger partial charge in [0.05, 0.1) is 5.56 Å². The molecule has 2 N–H and O–H groups in total. The number of aromatic nitrogens is 1. The molecule has 0 saturated heterocycles. The van der Waals surface area contributed by atoms with Crippen molar-refractivity contribution in [3.8, 4) is 0 Å². The molecular weight excluding hydrogens is 174 g/mol. The lowest BCUT2D eigenvalue weighted by Crippen LogP contribution is -2.11. The SMILES string of the molecule is O=C(O)CC1Cc2o[nH]c(=O)c2C1. The van der Waals surface area contributed by atoms with E-state index in [-0.39, 0.29) is 17.9 Å². The number of carbonyl (C=O) groups is 1. The van der Waals surface area contributed by atoms with Crippen molar-refractivity contribution in [2.24, 2.45) is 5.92 Å². The zero-order valence-electron chi connectivity index (χ0n) is 6.87. The quantitative estimate of drug-likeness (QED) is 0.684. The van der Waals surface area contributed by atoms with Crippen LogP contribution in [0.2, 0.25) is 0 Å². The summed E-state index contributed by atoms with van der Waals surface area (Å²) < 4.78 is 4.89. The van der Waals surface area contributed by atoms with Crippen LogP contribution in [0.1, 0.15) is 17.7 Å². The Morgan fingerprint density at radius 1 is 1.62 bits per heavy atom. The molecule has 1 heterocycles. The second-order valence-corrected chi connectivity index (χ2v) is 3.31. The van der Waals surface area contributed by atoms with E-state index in [2.05, 4.69) is 5.16 Å². The molecule has 1 aliphatic rings. The Morgan fingerprint density at radius 2 is 2.38 bits per heavy atom. The summed E-state index contributed by atoms with van der Waals surface area (Å²) in [7, 11) is 0. The van der Waals surface area contributed by atoms with Gasteiger partial charge in [0.25, 0.3) is 5.56 Å². The number of fused-ring (bicyclic) bond motifs is 1. The number of carboxylic acid groups (broad SMARTS) is 1. The van der Waals surface area contributed by atoms with Crippen LogP contribution in [0.4, 0.5) is 0 Å². The predicted octanol–water partition coefficient (Wildman–Crippen LogP) is 0.157. The summed E-state index contributed by atoms with van der Waals surface area (Å²) in [6.07, 6.45) is 1.18. The second kappa shape index (κ2) is 2.76. The maximum Gasteiger partial charge on any atom is 0.303 e. The minimum Gasteiger partial charge on any atom is -0.481 e. The summed E-state index contributed by atoms with van der Waals surface area (Å²) in [6.45, 7) is 0. The fourth-order valence-electron chi connectivity index (χ4n) is 1.74. The van der Waals surface area contributed by atoms with E-state index in [1.54, 1.807) is 0 Å². The molecule has 70 valence electrons. The van der Waals surface area contributed by atoms with Crippen LogP contribution in [-0.4, -0.2) is 16.2 Å². The molecule has 13 heavy (non-hydrogen) atoms. The number of aromatic amines is 1. The Kier molecular flexibility index (Phi) is 1.72. The fraction of sp³-hybridized carbons (Fsp3) is 0.500. The number of hydrogen-bond acceptors (Lipinski definition) is 3. The summed E-state index contributed by atoms with van der Waals surface area (Å²) >= 11 is 0. The maximum atomic E-state index is 11.0. The third kappa shape index (κ3) is 1.37. The van der Waals surface area contributed by atoms with Crippen LogP contribution in [0.5, 0.6) is 0 Å². The molecule has 0 aromatic carbocycles. The van der Waals surface area contributed by atoms with Crippen LogP contribution in [0.3, 0.4) is 0 Å². The average molecular weight is 183 g/mol. The van der Waals surface area contributed by atoms with E-state index in [0.29, 0.717) is 24.2 Å². The van der Waals surface area contributed by atoms with Crippen molar-refractivity contribution in [3.63, 3.8) is 0 Å². The van der Waals surface area contributed by atoms with Crippen molar-refractivity contribution >= 4 is 5.97 Å². The molecule has 0 radical (unpaired) electrons. The molecule has 2 rings (SSSR count). The molecule has 1 aromatic heterocycles. The molecule has 1 atom stereocenters. The largest absolute Gasteiger partial charge is 0.481 e. The Labute approximate surface area is 73.3 Å². The van der Waals surface area contributed by atoms with Gasteiger partial charge in [0.15, 0.2) is 0 Å². The van der Waals surface area contributed by atoms with Crippen LogP contribution in [0.15, 0.2) is 9.32 Å². The van der Waals surface area contributed by atoms with Crippen LogP contribution in [-0.2, 0) is 17.6 Å². The number of aliphatic carboxylic acids is 1. The van der Waals surface area contributed by atoms with E-state index in [1.807, 2.05) is 0 Å². The highest BCUT2D eigenvalue weighted by Gasteiger charge is 2.28. The number of nitrogens with one attached hydrogen (secondary N) is 1. The van der Waals surface area contributed by atoms with E-state index >= 15 is 0 Å². The van der Waals surface area contributed by atoms with Crippen molar-refractivity contribution in [1.29, 1.82) is 0 Å². The van der Waals surface area contributed by atoms with E-state index < -0.39 is 5.97 Å². The molecule has 1 aromatic rings. The first kappa shape index (κ1) is 8.10. The van der Waals surface area contributed by atoms with Gasteiger partial charge in [-0.1, -0.05) is 0 Å². The minimum atomic E-state index is -0.827. The zero-order chi connectivity index (χ0) is 9.42. The molecule has 5 heteroatoms. The summed E-state index contributed by atoms with van der Waals surface area (Å²) in [4.78, 5) is 21.4. The summed E-state index contributed by atoms with van der Waals surface area (Å²) in [5, 5.41) is 10.8. The van der Waals surface area contributed by atoms with E-state index in [9.17, 15) is 9.59 Å². The molecule has 0 spiro atoms. The number of rotatable bonds is 2. The molecule has 0 bridgehead atoms. The highest BCUT2D eigenvalue weighted by atomic mass is 16.5. The van der Waals surface area contributed by atoms with Gasteiger partial charge >= 0.3 is 5.97 Å². The Balaban J connectivity index is 2.14. The first-order valence-corrected chi connectivity index (χ1v) is 4.08. The lowest BCUT2D eigenvalue weighted by Gasteiger charge is -2.02. The average Bonchev–Trinajstić information content (AvgIpc) is 2.53. The highest BCUT2D eigenvalue weighted by molar-refractivity contribution is 5.67. The first-order valence-electron chi connectivity index (χ1n) is 4.08. The van der Waals surface area contributed by atoms with Gasteiger partial charge in [-0.3, -0.25) is 9.59 Å². The fourth-order valence-corrected chi connectivity index (χ4v) is 1.74. The van der Waals surface area contributed by atoms with E-state index in [4.69, 9.17) is 9.63 Å². The lowest BCUT2D eigenvalue weighted by molar-refractivity contribution is -0.138. The molecule has 5 nitrogen and oxygen atoms in total. The molecule has 0 amide bonds. The highest BCUT2D eigenvalue weighted by Crippen LogP contribution is 2.25. The summed E-state index contributed by atoms with van der Waals surface area (Å²) in [5.74, 6) is -0.184. The van der Waals surface area contributed by atoms with Crippen LogP contribution in [0, 0.1) is 5.92 Å². The first-order chi connectivity index (χ1) is 6.16. The molecule has 0 saturated carbocycles. The van der Waals surface area contributed by atoms with Crippen LogP contribution in [0.25, 0.3) is 0 Å². The van der Waals surface area contributed by atoms with Gasteiger partial charge in [0, 0.05) is 12.8 Å². The van der Waals surface area contributed by atoms with Gasteiger partial charge in [0.1, 0.15) is 5.76 Å². The third-order valence-electron chi connectivity index (χ3n) is 2.31. The summed E-state index contributed by atoms with van der Waals surface area (Å²) in [6, 6.07) is 0. The smallest absolute Gasteiger partial charge is 0.303 e. The van der Waals surface area contributed by atoms with Crippen molar-refractivity contribution in [3.05, 3.63) is 21.7 Å². The van der Waals surface area contributed by atoms with Crippen molar-refractivity contribution in [2.75, 3.05) is 0 Å². The van der Waals surface area contributed by atoms with Gasteiger partial charge in [-0.05, 0) is 12.3 Å². The van der Waals surface area contributed by atoms with Gasteiger partial charge in [-0.2, -0.15) is 5.16 Å². The third-order valence-corrected chi connectivity index (χ3v) is 2.31. The normalized spacial score (nSPS) is 20.2. The minimum absolute atomic E-state index is 0.0218. The Hall–Kier alpha value is -1.52. The predicted molar refractivity (Wildman–Crippen MR) is 42.5 cm³/mol. The van der Waals surface area contributed by atoms with Gasteiger partial charge in [0.2, 0.25) is 0 Å². The Bertz CT molecular complexity index is 389. The number of H-pyrrole nitrogens is 1. The van der Waals surface area contributed by atoms with Crippen LogP contribution < -0.4 is 5.56 Å². The maximum absolute atomic E-state index is 11.0. The van der Waals surface area contributed by atoms with Crippen molar-refractivity contribution in [1.82, 2.24) is 5.16 Å². The van der Waals surface area contributed by atoms with Gasteiger partial charge in [-0.25, -0.2) is 0 Å². The van der Waals surface area contributed by atoms with Crippen LogP contribution >= 0.6 is 0 Å². The summed E-state index contributed by atoms with van der Waals surface area (Å²) in [5.41, 5.74) is 0.397. The van der Waals surface area contributed by atoms with Crippen molar-refractivity contribution < 1.29 is 14.4 Å². The Morgan fingerprint density at radius 3 is 3.00 bits per heavy atom. The lowest BCUT2D eigenvalue weighted by atomic mass is 10.0. The van der Waals surface area contributed by atoms with Gasteiger partial charge in [-0.15, -0.1) is 0 Å². The zero-order valence-corrected chi connectivity index (χ0v) is 6.87.